The Morgan fingerprint density at radius 3 is 2.67 bits per heavy atom. The Morgan fingerprint density at radius 2 is 2.27 bits per heavy atom. The van der Waals surface area contributed by atoms with Gasteiger partial charge in [-0.05, 0) is 30.0 Å². The zero-order valence-electron chi connectivity index (χ0n) is 8.75. The van der Waals surface area contributed by atoms with Gasteiger partial charge in [-0.25, -0.2) is 4.39 Å². The summed E-state index contributed by atoms with van der Waals surface area (Å²) in [5.41, 5.74) is 0.295. The van der Waals surface area contributed by atoms with Crippen LogP contribution in [0.1, 0.15) is 18.9 Å². The van der Waals surface area contributed by atoms with Crippen molar-refractivity contribution in [3.8, 4) is 11.8 Å². The second-order valence-corrected chi connectivity index (χ2v) is 4.04. The minimum atomic E-state index is -0.465. The molecule has 0 amide bonds. The van der Waals surface area contributed by atoms with Gasteiger partial charge in [0.15, 0.2) is 11.6 Å². The van der Waals surface area contributed by atoms with Crippen molar-refractivity contribution in [1.29, 1.82) is 5.26 Å². The molecule has 3 heteroatoms. The quantitative estimate of drug-likeness (QED) is 0.743. The summed E-state index contributed by atoms with van der Waals surface area (Å²) >= 11 is 0. The molecule has 2 atom stereocenters. The number of nitrogens with zero attached hydrogens (tertiary/aromatic N) is 1. The molecule has 0 radical (unpaired) electrons. The molecule has 0 saturated heterocycles. The zero-order chi connectivity index (χ0) is 11.1. The third kappa shape index (κ3) is 1.37. The highest BCUT2D eigenvalue weighted by Gasteiger charge is 2.53. The van der Waals surface area contributed by atoms with Crippen LogP contribution in [0.25, 0.3) is 0 Å². The van der Waals surface area contributed by atoms with Crippen LogP contribution in [-0.2, 0) is 5.41 Å². The van der Waals surface area contributed by atoms with Crippen LogP contribution in [-0.4, -0.2) is 7.11 Å². The molecule has 1 saturated carbocycles. The first-order valence-corrected chi connectivity index (χ1v) is 4.89. The van der Waals surface area contributed by atoms with Crippen LogP contribution in [0.5, 0.6) is 5.75 Å². The number of hydrogen-bond donors (Lipinski definition) is 0. The minimum Gasteiger partial charge on any atom is -0.494 e. The molecule has 1 aromatic rings. The van der Waals surface area contributed by atoms with Crippen molar-refractivity contribution in [1.82, 2.24) is 0 Å². The van der Waals surface area contributed by atoms with Gasteiger partial charge < -0.3 is 4.74 Å². The number of ether oxygens (including phenoxy) is 1. The predicted molar refractivity (Wildman–Crippen MR) is 54.0 cm³/mol. The SMILES string of the molecule is COc1ccc(C2(C#N)CC2C)cc1F. The van der Waals surface area contributed by atoms with Crippen LogP contribution in [0.15, 0.2) is 18.2 Å². The van der Waals surface area contributed by atoms with E-state index in [0.29, 0.717) is 5.92 Å². The lowest BCUT2D eigenvalue weighted by Gasteiger charge is -2.09. The highest BCUT2D eigenvalue weighted by molar-refractivity contribution is 5.43. The molecule has 0 N–H and O–H groups in total. The molecule has 1 aromatic carbocycles. The van der Waals surface area contributed by atoms with Crippen molar-refractivity contribution >= 4 is 0 Å². The average molecular weight is 205 g/mol. The second kappa shape index (κ2) is 3.23. The van der Waals surface area contributed by atoms with Gasteiger partial charge in [-0.2, -0.15) is 5.26 Å². The smallest absolute Gasteiger partial charge is 0.165 e. The molecule has 1 fully saturated rings. The van der Waals surface area contributed by atoms with Gasteiger partial charge in [-0.3, -0.25) is 0 Å². The maximum Gasteiger partial charge on any atom is 0.165 e. The van der Waals surface area contributed by atoms with Crippen molar-refractivity contribution in [3.05, 3.63) is 29.6 Å². The number of methoxy groups -OCH3 is 1. The summed E-state index contributed by atoms with van der Waals surface area (Å²) in [5.74, 6) is 0.138. The summed E-state index contributed by atoms with van der Waals surface area (Å²) in [6.07, 6.45) is 0.815. The highest BCUT2D eigenvalue weighted by Crippen LogP contribution is 2.53. The first-order valence-electron chi connectivity index (χ1n) is 4.89. The number of halogens is 1. The topological polar surface area (TPSA) is 33.0 Å². The monoisotopic (exact) mass is 205 g/mol. The first-order chi connectivity index (χ1) is 7.14. The Bertz CT molecular complexity index is 438. The summed E-state index contributed by atoms with van der Waals surface area (Å²) < 4.78 is 18.3. The van der Waals surface area contributed by atoms with E-state index in [2.05, 4.69) is 6.07 Å². The Balaban J connectivity index is 2.40. The van der Waals surface area contributed by atoms with Crippen molar-refractivity contribution < 1.29 is 9.13 Å². The second-order valence-electron chi connectivity index (χ2n) is 4.04. The van der Waals surface area contributed by atoms with Gasteiger partial charge in [-0.15, -0.1) is 0 Å². The van der Waals surface area contributed by atoms with Crippen molar-refractivity contribution in [2.45, 2.75) is 18.8 Å². The van der Waals surface area contributed by atoms with Crippen LogP contribution in [0.3, 0.4) is 0 Å². The van der Waals surface area contributed by atoms with Crippen LogP contribution < -0.4 is 4.74 Å². The molecular weight excluding hydrogens is 193 g/mol. The van der Waals surface area contributed by atoms with E-state index in [1.165, 1.54) is 13.2 Å². The maximum absolute atomic E-state index is 13.4. The summed E-state index contributed by atoms with van der Waals surface area (Å²) in [4.78, 5) is 0. The third-order valence-corrected chi connectivity index (χ3v) is 3.18. The molecule has 1 aliphatic rings. The number of nitriles is 1. The van der Waals surface area contributed by atoms with E-state index >= 15 is 0 Å². The Kier molecular flexibility index (Phi) is 2.15. The summed E-state index contributed by atoms with van der Waals surface area (Å²) in [6, 6.07) is 7.03. The zero-order valence-corrected chi connectivity index (χ0v) is 8.75. The fraction of sp³-hybridized carbons (Fsp3) is 0.417. The van der Waals surface area contributed by atoms with E-state index < -0.39 is 11.2 Å². The van der Waals surface area contributed by atoms with Crippen LogP contribution in [0.2, 0.25) is 0 Å². The van der Waals surface area contributed by atoms with Gasteiger partial charge in [0.25, 0.3) is 0 Å². The first kappa shape index (κ1) is 9.97. The van der Waals surface area contributed by atoms with Gasteiger partial charge in [0.1, 0.15) is 0 Å². The van der Waals surface area contributed by atoms with Gasteiger partial charge >= 0.3 is 0 Å². The number of rotatable bonds is 2. The predicted octanol–water partition coefficient (Wildman–Crippen LogP) is 2.64. The molecule has 1 aliphatic carbocycles. The number of benzene rings is 1. The summed E-state index contributed by atoms with van der Waals surface area (Å²) in [6.45, 7) is 2.01. The lowest BCUT2D eigenvalue weighted by atomic mass is 9.95. The van der Waals surface area contributed by atoms with Gasteiger partial charge in [0.2, 0.25) is 0 Å². The molecule has 2 nitrogen and oxygen atoms in total. The molecule has 0 bridgehead atoms. The normalized spacial score (nSPS) is 28.3. The number of hydrogen-bond acceptors (Lipinski definition) is 2. The van der Waals surface area contributed by atoms with E-state index in [1.807, 2.05) is 6.92 Å². The lowest BCUT2D eigenvalue weighted by molar-refractivity contribution is 0.386. The molecular formula is C12H12FNO. The van der Waals surface area contributed by atoms with Crippen LogP contribution >= 0.6 is 0 Å². The fourth-order valence-corrected chi connectivity index (χ4v) is 1.99. The standard InChI is InChI=1S/C12H12FNO/c1-8-6-12(8,7-14)9-3-4-11(15-2)10(13)5-9/h3-5,8H,6H2,1-2H3. The Morgan fingerprint density at radius 1 is 1.60 bits per heavy atom. The molecule has 0 aliphatic heterocycles. The molecule has 78 valence electrons. The van der Waals surface area contributed by atoms with E-state index in [9.17, 15) is 4.39 Å². The summed E-state index contributed by atoms with van der Waals surface area (Å²) in [5, 5.41) is 9.09. The van der Waals surface area contributed by atoms with E-state index in [0.717, 1.165) is 12.0 Å². The fourth-order valence-electron chi connectivity index (χ4n) is 1.99. The molecule has 0 spiro atoms. The maximum atomic E-state index is 13.4. The largest absolute Gasteiger partial charge is 0.494 e. The molecule has 15 heavy (non-hydrogen) atoms. The van der Waals surface area contributed by atoms with E-state index in [4.69, 9.17) is 10.00 Å². The molecule has 2 rings (SSSR count). The molecule has 0 aromatic heterocycles. The summed E-state index contributed by atoms with van der Waals surface area (Å²) in [7, 11) is 1.43. The van der Waals surface area contributed by atoms with Gasteiger partial charge in [0, 0.05) is 0 Å². The van der Waals surface area contributed by atoms with E-state index in [-0.39, 0.29) is 5.75 Å². The van der Waals surface area contributed by atoms with Gasteiger partial charge in [0.05, 0.1) is 18.6 Å². The molecule has 0 heterocycles. The van der Waals surface area contributed by atoms with Crippen LogP contribution in [0, 0.1) is 23.1 Å². The average Bonchev–Trinajstić information content (AvgIpc) is 2.91. The van der Waals surface area contributed by atoms with Crippen molar-refractivity contribution in [2.24, 2.45) is 5.92 Å². The Hall–Kier alpha value is -1.56. The lowest BCUT2D eigenvalue weighted by Crippen LogP contribution is -2.06. The van der Waals surface area contributed by atoms with Crippen molar-refractivity contribution in [2.75, 3.05) is 7.11 Å². The Labute approximate surface area is 88.3 Å². The highest BCUT2D eigenvalue weighted by atomic mass is 19.1. The van der Waals surface area contributed by atoms with E-state index in [1.54, 1.807) is 12.1 Å². The van der Waals surface area contributed by atoms with Crippen molar-refractivity contribution in [3.63, 3.8) is 0 Å². The molecule has 2 unspecified atom stereocenters. The van der Waals surface area contributed by atoms with Crippen LogP contribution in [0.4, 0.5) is 4.39 Å². The van der Waals surface area contributed by atoms with Gasteiger partial charge in [-0.1, -0.05) is 13.0 Å². The minimum absolute atomic E-state index is 0.222. The third-order valence-electron chi connectivity index (χ3n) is 3.18.